The Balaban J connectivity index is 2.29. The van der Waals surface area contributed by atoms with E-state index in [-0.39, 0.29) is 17.0 Å². The van der Waals surface area contributed by atoms with Gasteiger partial charge in [0.1, 0.15) is 11.4 Å². The van der Waals surface area contributed by atoms with Gasteiger partial charge in [0.05, 0.1) is 11.1 Å². The van der Waals surface area contributed by atoms with Gasteiger partial charge in [0.15, 0.2) is 0 Å². The molecule has 4 nitrogen and oxygen atoms in total. The van der Waals surface area contributed by atoms with Crippen molar-refractivity contribution in [3.63, 3.8) is 0 Å². The number of fused-ring (bicyclic) bond motifs is 1. The minimum atomic E-state index is -1.05. The maximum atomic E-state index is 11.3. The molecule has 0 aliphatic heterocycles. The highest BCUT2D eigenvalue weighted by molar-refractivity contribution is 5.97. The molecule has 0 aliphatic rings. The maximum Gasteiger partial charge on any atom is 0.336 e. The molecule has 0 aliphatic carbocycles. The number of carboxylic acid groups (broad SMARTS) is 1. The first-order chi connectivity index (χ1) is 9.66. The molecule has 0 unspecified atom stereocenters. The highest BCUT2D eigenvalue weighted by atomic mass is 16.4. The molecule has 0 saturated carbocycles. The van der Waals surface area contributed by atoms with Crippen molar-refractivity contribution in [3.05, 3.63) is 60.2 Å². The van der Waals surface area contributed by atoms with E-state index in [1.165, 1.54) is 6.07 Å². The second-order valence-electron chi connectivity index (χ2n) is 4.40. The minimum Gasteiger partial charge on any atom is -0.506 e. The lowest BCUT2D eigenvalue weighted by Crippen LogP contribution is -2.00. The Kier molecular flexibility index (Phi) is 2.84. The van der Waals surface area contributed by atoms with Crippen LogP contribution in [-0.4, -0.2) is 21.2 Å². The molecule has 0 bridgehead atoms. The topological polar surface area (TPSA) is 70.4 Å². The van der Waals surface area contributed by atoms with Gasteiger partial charge >= 0.3 is 5.97 Å². The Hall–Kier alpha value is -2.88. The van der Waals surface area contributed by atoms with Crippen molar-refractivity contribution in [1.29, 1.82) is 0 Å². The largest absolute Gasteiger partial charge is 0.506 e. The van der Waals surface area contributed by atoms with Gasteiger partial charge in [-0.05, 0) is 18.2 Å². The van der Waals surface area contributed by atoms with E-state index in [9.17, 15) is 15.0 Å². The number of benzene rings is 2. The lowest BCUT2D eigenvalue weighted by atomic mass is 10.0. The molecular formula is C16H11NO3. The van der Waals surface area contributed by atoms with E-state index in [4.69, 9.17) is 0 Å². The van der Waals surface area contributed by atoms with Gasteiger partial charge in [-0.1, -0.05) is 36.4 Å². The number of pyridine rings is 1. The average Bonchev–Trinajstić information content (AvgIpc) is 2.46. The van der Waals surface area contributed by atoms with Gasteiger partial charge in [-0.15, -0.1) is 0 Å². The molecule has 2 aromatic carbocycles. The smallest absolute Gasteiger partial charge is 0.336 e. The molecule has 20 heavy (non-hydrogen) atoms. The second kappa shape index (κ2) is 4.66. The summed E-state index contributed by atoms with van der Waals surface area (Å²) >= 11 is 0. The van der Waals surface area contributed by atoms with Gasteiger partial charge in [-0.2, -0.15) is 0 Å². The van der Waals surface area contributed by atoms with Crippen LogP contribution in [0.2, 0.25) is 0 Å². The molecule has 3 aromatic rings. The highest BCUT2D eigenvalue weighted by Gasteiger charge is 2.15. The first-order valence-electron chi connectivity index (χ1n) is 6.08. The molecular weight excluding hydrogens is 254 g/mol. The van der Waals surface area contributed by atoms with E-state index in [1.807, 2.05) is 24.3 Å². The normalized spacial score (nSPS) is 10.6. The standard InChI is InChI=1S/C16H11NO3/c18-14-9-10-5-1-4-8-13(10)17-15(14)11-6-2-3-7-12(11)16(19)20/h1-9,18H,(H,19,20). The molecule has 1 aromatic heterocycles. The molecule has 4 heteroatoms. The summed E-state index contributed by atoms with van der Waals surface area (Å²) in [6.07, 6.45) is 0. The van der Waals surface area contributed by atoms with Crippen molar-refractivity contribution in [2.45, 2.75) is 0 Å². The van der Waals surface area contributed by atoms with E-state index in [0.717, 1.165) is 5.39 Å². The fourth-order valence-corrected chi connectivity index (χ4v) is 2.18. The monoisotopic (exact) mass is 265 g/mol. The zero-order valence-corrected chi connectivity index (χ0v) is 10.4. The summed E-state index contributed by atoms with van der Waals surface area (Å²) in [5.41, 5.74) is 1.51. The fraction of sp³-hybridized carbons (Fsp3) is 0. The lowest BCUT2D eigenvalue weighted by molar-refractivity contribution is 0.0697. The quantitative estimate of drug-likeness (QED) is 0.745. The molecule has 1 heterocycles. The maximum absolute atomic E-state index is 11.3. The van der Waals surface area contributed by atoms with Crippen LogP contribution in [0.25, 0.3) is 22.2 Å². The number of hydrogen-bond donors (Lipinski definition) is 2. The van der Waals surface area contributed by atoms with Gasteiger partial charge in [-0.3, -0.25) is 0 Å². The van der Waals surface area contributed by atoms with E-state index in [1.54, 1.807) is 24.3 Å². The van der Waals surface area contributed by atoms with Crippen LogP contribution in [0.15, 0.2) is 54.6 Å². The molecule has 0 radical (unpaired) electrons. The second-order valence-corrected chi connectivity index (χ2v) is 4.40. The number of aromatic carboxylic acids is 1. The van der Waals surface area contributed by atoms with E-state index in [0.29, 0.717) is 11.1 Å². The van der Waals surface area contributed by atoms with Crippen LogP contribution < -0.4 is 0 Å². The number of carboxylic acids is 1. The van der Waals surface area contributed by atoms with Crippen LogP contribution in [0.5, 0.6) is 5.75 Å². The Morgan fingerprint density at radius 1 is 1.00 bits per heavy atom. The number of aromatic nitrogens is 1. The van der Waals surface area contributed by atoms with Crippen LogP contribution in [0.1, 0.15) is 10.4 Å². The summed E-state index contributed by atoms with van der Waals surface area (Å²) in [6.45, 7) is 0. The fourth-order valence-electron chi connectivity index (χ4n) is 2.18. The Labute approximate surface area is 115 Å². The molecule has 98 valence electrons. The van der Waals surface area contributed by atoms with Gasteiger partial charge in [-0.25, -0.2) is 9.78 Å². The zero-order valence-electron chi connectivity index (χ0n) is 10.4. The summed E-state index contributed by atoms with van der Waals surface area (Å²) in [7, 11) is 0. The van der Waals surface area contributed by atoms with Gasteiger partial charge in [0, 0.05) is 10.9 Å². The first-order valence-corrected chi connectivity index (χ1v) is 6.08. The number of rotatable bonds is 2. The third-order valence-corrected chi connectivity index (χ3v) is 3.12. The van der Waals surface area contributed by atoms with Crippen LogP contribution in [0.3, 0.4) is 0 Å². The summed E-state index contributed by atoms with van der Waals surface area (Å²) < 4.78 is 0. The van der Waals surface area contributed by atoms with Gasteiger partial charge in [0.25, 0.3) is 0 Å². The Morgan fingerprint density at radius 3 is 2.50 bits per heavy atom. The number of aromatic hydroxyl groups is 1. The SMILES string of the molecule is O=C(O)c1ccccc1-c1nc2ccccc2cc1O. The Bertz CT molecular complexity index is 812. The summed E-state index contributed by atoms with van der Waals surface area (Å²) in [4.78, 5) is 15.6. The van der Waals surface area contributed by atoms with Crippen LogP contribution >= 0.6 is 0 Å². The molecule has 0 atom stereocenters. The predicted octanol–water partition coefficient (Wildman–Crippen LogP) is 3.31. The Morgan fingerprint density at radius 2 is 1.70 bits per heavy atom. The first kappa shape index (κ1) is 12.2. The van der Waals surface area contributed by atoms with Crippen LogP contribution in [0, 0.1) is 0 Å². The third kappa shape index (κ3) is 1.97. The summed E-state index contributed by atoms with van der Waals surface area (Å²) in [6, 6.07) is 15.5. The van der Waals surface area contributed by atoms with Crippen LogP contribution in [0.4, 0.5) is 0 Å². The van der Waals surface area contributed by atoms with E-state index < -0.39 is 5.97 Å². The van der Waals surface area contributed by atoms with Crippen molar-refractivity contribution < 1.29 is 15.0 Å². The van der Waals surface area contributed by atoms with Crippen molar-refractivity contribution in [3.8, 4) is 17.0 Å². The van der Waals surface area contributed by atoms with Gasteiger partial charge < -0.3 is 10.2 Å². The lowest BCUT2D eigenvalue weighted by Gasteiger charge is -2.08. The molecule has 0 fully saturated rings. The zero-order chi connectivity index (χ0) is 14.1. The molecule has 3 rings (SSSR count). The summed E-state index contributed by atoms with van der Waals surface area (Å²) in [5, 5.41) is 20.1. The van der Waals surface area contributed by atoms with Crippen molar-refractivity contribution in [1.82, 2.24) is 4.98 Å². The van der Waals surface area contributed by atoms with E-state index in [2.05, 4.69) is 4.98 Å². The number of para-hydroxylation sites is 1. The van der Waals surface area contributed by atoms with Crippen molar-refractivity contribution in [2.75, 3.05) is 0 Å². The summed E-state index contributed by atoms with van der Waals surface area (Å²) in [5.74, 6) is -1.08. The molecule has 0 saturated heterocycles. The van der Waals surface area contributed by atoms with Crippen molar-refractivity contribution in [2.24, 2.45) is 0 Å². The minimum absolute atomic E-state index is 0.0302. The number of hydrogen-bond acceptors (Lipinski definition) is 3. The number of carbonyl (C=O) groups is 1. The van der Waals surface area contributed by atoms with Crippen molar-refractivity contribution >= 4 is 16.9 Å². The molecule has 0 amide bonds. The molecule has 2 N–H and O–H groups in total. The predicted molar refractivity (Wildman–Crippen MR) is 75.8 cm³/mol. The van der Waals surface area contributed by atoms with Gasteiger partial charge in [0.2, 0.25) is 0 Å². The number of nitrogens with zero attached hydrogens (tertiary/aromatic N) is 1. The van der Waals surface area contributed by atoms with E-state index >= 15 is 0 Å². The van der Waals surface area contributed by atoms with Crippen LogP contribution in [-0.2, 0) is 0 Å². The molecule has 0 spiro atoms. The third-order valence-electron chi connectivity index (χ3n) is 3.12. The average molecular weight is 265 g/mol. The highest BCUT2D eigenvalue weighted by Crippen LogP contribution is 2.32.